The number of nitrogens with zero attached hydrogens (tertiary/aromatic N) is 3. The summed E-state index contributed by atoms with van der Waals surface area (Å²) in [4.78, 5) is 21.8. The highest BCUT2D eigenvalue weighted by molar-refractivity contribution is 5.94. The van der Waals surface area contributed by atoms with Crippen LogP contribution in [0.1, 0.15) is 33.3 Å². The van der Waals surface area contributed by atoms with Gasteiger partial charge in [-0.05, 0) is 64.4 Å². The number of aryl methyl sites for hydroxylation is 1. The summed E-state index contributed by atoms with van der Waals surface area (Å²) in [5, 5.41) is 13.8. The molecular weight excluding hydrogens is 444 g/mol. The number of ether oxygens (including phenoxy) is 2. The minimum Gasteiger partial charge on any atom is -0.494 e. The maximum atomic E-state index is 12.1. The van der Waals surface area contributed by atoms with E-state index in [1.54, 1.807) is 18.5 Å². The van der Waals surface area contributed by atoms with Gasteiger partial charge in [-0.3, -0.25) is 9.89 Å². The third-order valence-electron chi connectivity index (χ3n) is 5.03. The fourth-order valence-corrected chi connectivity index (χ4v) is 3.58. The molecule has 0 atom stereocenters. The molecule has 0 unspecified atom stereocenters. The van der Waals surface area contributed by atoms with E-state index >= 15 is 0 Å². The number of aromatic amines is 1. The third-order valence-corrected chi connectivity index (χ3v) is 5.03. The molecule has 0 radical (unpaired) electrons. The highest BCUT2D eigenvalue weighted by Gasteiger charge is 2.16. The number of hydrogen-bond acceptors (Lipinski definition) is 7. The van der Waals surface area contributed by atoms with E-state index in [9.17, 15) is 4.79 Å². The van der Waals surface area contributed by atoms with Crippen LogP contribution in [-0.2, 0) is 4.79 Å². The summed E-state index contributed by atoms with van der Waals surface area (Å²) in [6.07, 6.45) is 3.44. The maximum absolute atomic E-state index is 12.1. The molecule has 35 heavy (non-hydrogen) atoms. The average molecular weight is 475 g/mol. The van der Waals surface area contributed by atoms with Gasteiger partial charge in [0.15, 0.2) is 12.4 Å². The van der Waals surface area contributed by atoms with Crippen LogP contribution < -0.4 is 20.1 Å². The first-order valence-corrected chi connectivity index (χ1v) is 11.5. The van der Waals surface area contributed by atoms with E-state index < -0.39 is 0 Å². The number of benzene rings is 2. The van der Waals surface area contributed by atoms with Gasteiger partial charge in [0.2, 0.25) is 0 Å². The average Bonchev–Trinajstić information content (AvgIpc) is 3.31. The van der Waals surface area contributed by atoms with Crippen LogP contribution in [0.2, 0.25) is 0 Å². The summed E-state index contributed by atoms with van der Waals surface area (Å²) in [6.45, 7) is 10.2. The predicted molar refractivity (Wildman–Crippen MR) is 136 cm³/mol. The lowest BCUT2D eigenvalue weighted by Gasteiger charge is -2.20. The molecule has 2 aromatic heterocycles. The molecule has 2 heterocycles. The number of aromatic nitrogens is 4. The summed E-state index contributed by atoms with van der Waals surface area (Å²) in [7, 11) is 0. The van der Waals surface area contributed by atoms with Crippen LogP contribution >= 0.6 is 0 Å². The van der Waals surface area contributed by atoms with Crippen molar-refractivity contribution in [3.63, 3.8) is 0 Å². The second-order valence-corrected chi connectivity index (χ2v) is 9.19. The minimum atomic E-state index is -0.320. The molecule has 2 aromatic carbocycles. The van der Waals surface area contributed by atoms with E-state index in [4.69, 9.17) is 19.4 Å². The minimum absolute atomic E-state index is 0.0774. The summed E-state index contributed by atoms with van der Waals surface area (Å²) < 4.78 is 11.5. The van der Waals surface area contributed by atoms with Crippen LogP contribution in [0, 0.1) is 6.92 Å². The maximum Gasteiger partial charge on any atom is 0.258 e. The lowest BCUT2D eigenvalue weighted by atomic mass is 10.1. The number of anilines is 2. The molecule has 0 aliphatic heterocycles. The molecule has 0 bridgehead atoms. The molecular formula is C26H30N6O3. The molecule has 0 spiro atoms. The van der Waals surface area contributed by atoms with Crippen molar-refractivity contribution < 1.29 is 14.3 Å². The van der Waals surface area contributed by atoms with Crippen molar-refractivity contribution in [3.05, 3.63) is 54.4 Å². The van der Waals surface area contributed by atoms with Crippen molar-refractivity contribution in [2.24, 2.45) is 0 Å². The van der Waals surface area contributed by atoms with E-state index in [2.05, 4.69) is 20.8 Å². The topological polar surface area (TPSA) is 114 Å². The van der Waals surface area contributed by atoms with Gasteiger partial charge in [-0.15, -0.1) is 0 Å². The number of hydrogen-bond donors (Lipinski definition) is 3. The number of rotatable bonds is 8. The van der Waals surface area contributed by atoms with Gasteiger partial charge in [0.1, 0.15) is 17.3 Å². The molecule has 9 nitrogen and oxygen atoms in total. The van der Waals surface area contributed by atoms with Gasteiger partial charge in [0.05, 0.1) is 24.0 Å². The Kier molecular flexibility index (Phi) is 6.86. The first-order valence-electron chi connectivity index (χ1n) is 11.5. The quantitative estimate of drug-likeness (QED) is 0.337. The number of nitrogens with one attached hydrogen (secondary N) is 3. The smallest absolute Gasteiger partial charge is 0.258 e. The fraction of sp³-hybridized carbons (Fsp3) is 0.308. The molecule has 182 valence electrons. The second kappa shape index (κ2) is 10.0. The van der Waals surface area contributed by atoms with Crippen LogP contribution in [-0.4, -0.2) is 44.8 Å². The zero-order valence-corrected chi connectivity index (χ0v) is 20.6. The molecule has 0 fully saturated rings. The van der Waals surface area contributed by atoms with Crippen LogP contribution in [0.3, 0.4) is 0 Å². The Labute approximate surface area is 204 Å². The highest BCUT2D eigenvalue weighted by atomic mass is 16.5. The molecule has 0 aliphatic rings. The molecule has 1 amide bonds. The van der Waals surface area contributed by atoms with Crippen molar-refractivity contribution in [2.45, 2.75) is 40.2 Å². The second-order valence-electron chi connectivity index (χ2n) is 9.19. The number of carbonyl (C=O) groups is 1. The van der Waals surface area contributed by atoms with E-state index in [0.29, 0.717) is 24.0 Å². The highest BCUT2D eigenvalue weighted by Crippen LogP contribution is 2.32. The van der Waals surface area contributed by atoms with Crippen molar-refractivity contribution >= 4 is 28.3 Å². The first kappa shape index (κ1) is 24.0. The van der Waals surface area contributed by atoms with Gasteiger partial charge < -0.3 is 20.1 Å². The van der Waals surface area contributed by atoms with E-state index in [1.807, 2.05) is 65.0 Å². The Bertz CT molecular complexity index is 1330. The van der Waals surface area contributed by atoms with Crippen LogP contribution in [0.25, 0.3) is 22.3 Å². The zero-order valence-electron chi connectivity index (χ0n) is 20.6. The molecule has 9 heteroatoms. The van der Waals surface area contributed by atoms with E-state index in [0.717, 1.165) is 33.5 Å². The predicted octanol–water partition coefficient (Wildman–Crippen LogP) is 4.76. The Morgan fingerprint density at radius 2 is 1.94 bits per heavy atom. The van der Waals surface area contributed by atoms with Gasteiger partial charge >= 0.3 is 0 Å². The third kappa shape index (κ3) is 6.06. The zero-order chi connectivity index (χ0) is 25.0. The summed E-state index contributed by atoms with van der Waals surface area (Å²) in [6, 6.07) is 11.3. The van der Waals surface area contributed by atoms with E-state index in [1.165, 1.54) is 0 Å². The van der Waals surface area contributed by atoms with Gasteiger partial charge in [0, 0.05) is 22.7 Å². The van der Waals surface area contributed by atoms with Crippen molar-refractivity contribution in [2.75, 3.05) is 18.5 Å². The summed E-state index contributed by atoms with van der Waals surface area (Å²) in [5.41, 5.74) is 2.98. The molecule has 0 saturated carbocycles. The van der Waals surface area contributed by atoms with Gasteiger partial charge in [0.25, 0.3) is 5.91 Å². The number of H-pyrrole nitrogens is 1. The van der Waals surface area contributed by atoms with Crippen molar-refractivity contribution in [1.82, 2.24) is 25.5 Å². The van der Waals surface area contributed by atoms with Crippen LogP contribution in [0.5, 0.6) is 11.5 Å². The molecule has 3 N–H and O–H groups in total. The molecule has 4 rings (SSSR count). The summed E-state index contributed by atoms with van der Waals surface area (Å²) in [5.74, 6) is 2.31. The van der Waals surface area contributed by atoms with Crippen LogP contribution in [0.15, 0.2) is 48.8 Å². The first-order chi connectivity index (χ1) is 16.7. The summed E-state index contributed by atoms with van der Waals surface area (Å²) >= 11 is 0. The SMILES string of the molecule is CCOc1cc2c(Nc3cn[nH]c3)nc(-c3cccc(OCC(=O)NC(C)(C)C)c3)nc2cc1C. The Hall–Kier alpha value is -4.14. The standard InChI is InChI=1S/C26H30N6O3/c1-6-34-22-12-20-21(10-16(22)2)30-24(31-25(20)29-18-13-27-28-14-18)17-8-7-9-19(11-17)35-15-23(33)32-26(3,4)5/h7-14H,6,15H2,1-5H3,(H,27,28)(H,32,33)(H,29,30,31). The van der Waals surface area contributed by atoms with Crippen molar-refractivity contribution in [3.8, 4) is 22.9 Å². The Morgan fingerprint density at radius 3 is 2.66 bits per heavy atom. The Balaban J connectivity index is 1.69. The van der Waals surface area contributed by atoms with Crippen LogP contribution in [0.4, 0.5) is 11.5 Å². The molecule has 0 saturated heterocycles. The monoisotopic (exact) mass is 474 g/mol. The number of carbonyl (C=O) groups excluding carboxylic acids is 1. The van der Waals surface area contributed by atoms with Gasteiger partial charge in [-0.1, -0.05) is 12.1 Å². The lowest BCUT2D eigenvalue weighted by Crippen LogP contribution is -2.43. The lowest BCUT2D eigenvalue weighted by molar-refractivity contribution is -0.124. The number of fused-ring (bicyclic) bond motifs is 1. The largest absolute Gasteiger partial charge is 0.494 e. The molecule has 0 aliphatic carbocycles. The van der Waals surface area contributed by atoms with Gasteiger partial charge in [-0.25, -0.2) is 9.97 Å². The van der Waals surface area contributed by atoms with Gasteiger partial charge in [-0.2, -0.15) is 5.10 Å². The number of amides is 1. The molecule has 4 aromatic rings. The fourth-order valence-electron chi connectivity index (χ4n) is 3.58. The Morgan fingerprint density at radius 1 is 1.11 bits per heavy atom. The normalized spacial score (nSPS) is 11.3. The van der Waals surface area contributed by atoms with E-state index in [-0.39, 0.29) is 18.1 Å². The van der Waals surface area contributed by atoms with Crippen molar-refractivity contribution in [1.29, 1.82) is 0 Å².